The lowest BCUT2D eigenvalue weighted by Gasteiger charge is -2.46. The SMILES string of the molecule is COc1cc2c(cc1OC)C(N)(C1CCN(Cc3c(OCCN(C)C)cccc3N(C)C)CC1)NC(NCc1ncn[nH]1)=N2. The third kappa shape index (κ3) is 6.85. The molecule has 5 rings (SSSR count). The van der Waals surface area contributed by atoms with Crippen LogP contribution in [0.4, 0.5) is 11.4 Å². The van der Waals surface area contributed by atoms with Crippen molar-refractivity contribution in [1.82, 2.24) is 35.6 Å². The Labute approximate surface area is 259 Å². The smallest absolute Gasteiger partial charge is 0.198 e. The van der Waals surface area contributed by atoms with Gasteiger partial charge in [-0.1, -0.05) is 6.07 Å². The average molecular weight is 607 g/mol. The van der Waals surface area contributed by atoms with Gasteiger partial charge in [0, 0.05) is 56.0 Å². The molecule has 1 atom stereocenters. The molecule has 5 N–H and O–H groups in total. The topological polar surface area (TPSA) is 141 Å². The van der Waals surface area contributed by atoms with E-state index in [0.29, 0.717) is 36.4 Å². The van der Waals surface area contributed by atoms with E-state index in [1.807, 2.05) is 12.1 Å². The van der Waals surface area contributed by atoms with Gasteiger partial charge in [-0.05, 0) is 58.2 Å². The predicted molar refractivity (Wildman–Crippen MR) is 172 cm³/mol. The van der Waals surface area contributed by atoms with Gasteiger partial charge < -0.3 is 40.4 Å². The molecular formula is C31H46N10O3. The molecule has 0 amide bonds. The zero-order chi connectivity index (χ0) is 31.3. The molecule has 1 unspecified atom stereocenters. The summed E-state index contributed by atoms with van der Waals surface area (Å²) in [6, 6.07) is 10.1. The number of aromatic amines is 1. The first-order valence-electron chi connectivity index (χ1n) is 15.0. The molecule has 238 valence electrons. The minimum Gasteiger partial charge on any atom is -0.493 e. The molecule has 0 bridgehead atoms. The van der Waals surface area contributed by atoms with Crippen molar-refractivity contribution in [1.29, 1.82) is 0 Å². The van der Waals surface area contributed by atoms with E-state index in [4.69, 9.17) is 24.9 Å². The standard InChI is InChI=1S/C31H46N10O3/c1-39(2)14-15-44-26-9-7-8-25(40(3)4)22(26)19-41-12-10-21(11-13-41)31(32)23-16-27(42-5)28(43-6)17-24(23)36-30(37-31)33-18-29-34-20-35-38-29/h7-9,16-17,20-21H,10-15,18-19,32H2,1-6H3,(H2,33,36,37)(H,34,35,38). The Balaban J connectivity index is 1.35. The van der Waals surface area contributed by atoms with Crippen molar-refractivity contribution in [3.05, 3.63) is 53.6 Å². The van der Waals surface area contributed by atoms with E-state index in [1.165, 1.54) is 17.6 Å². The lowest BCUT2D eigenvalue weighted by Crippen LogP contribution is -2.63. The highest BCUT2D eigenvalue weighted by atomic mass is 16.5. The van der Waals surface area contributed by atoms with E-state index in [0.717, 1.165) is 56.0 Å². The molecule has 44 heavy (non-hydrogen) atoms. The van der Waals surface area contributed by atoms with Crippen LogP contribution in [0.3, 0.4) is 0 Å². The highest BCUT2D eigenvalue weighted by Gasteiger charge is 2.43. The fourth-order valence-corrected chi connectivity index (χ4v) is 5.97. The Morgan fingerprint density at radius 1 is 1.07 bits per heavy atom. The number of guanidine groups is 1. The Bertz CT molecular complexity index is 1420. The Morgan fingerprint density at radius 2 is 1.82 bits per heavy atom. The maximum absolute atomic E-state index is 7.35. The number of likely N-dealkylation sites (N-methyl/N-ethyl adjacent to an activating group) is 1. The molecule has 1 aromatic heterocycles. The number of aliphatic imine (C=N–C) groups is 1. The van der Waals surface area contributed by atoms with Gasteiger partial charge in [0.1, 0.15) is 30.2 Å². The van der Waals surface area contributed by atoms with Crippen LogP contribution in [0.5, 0.6) is 17.2 Å². The molecule has 0 saturated carbocycles. The van der Waals surface area contributed by atoms with Gasteiger partial charge in [-0.3, -0.25) is 10.00 Å². The average Bonchev–Trinajstić information content (AvgIpc) is 3.54. The quantitative estimate of drug-likeness (QED) is 0.241. The molecule has 13 heteroatoms. The van der Waals surface area contributed by atoms with Crippen LogP contribution >= 0.6 is 0 Å². The zero-order valence-corrected chi connectivity index (χ0v) is 26.7. The highest BCUT2D eigenvalue weighted by molar-refractivity contribution is 5.87. The molecule has 2 aromatic carbocycles. The van der Waals surface area contributed by atoms with Crippen LogP contribution in [0, 0.1) is 5.92 Å². The van der Waals surface area contributed by atoms with Gasteiger partial charge in [0.25, 0.3) is 0 Å². The highest BCUT2D eigenvalue weighted by Crippen LogP contribution is 2.45. The number of nitrogens with two attached hydrogens (primary N) is 1. The Kier molecular flexibility index (Phi) is 9.77. The van der Waals surface area contributed by atoms with Gasteiger partial charge >= 0.3 is 0 Å². The van der Waals surface area contributed by atoms with E-state index in [2.05, 4.69) is 86.9 Å². The summed E-state index contributed by atoms with van der Waals surface area (Å²) in [4.78, 5) is 15.8. The molecule has 2 aliphatic heterocycles. The first-order chi connectivity index (χ1) is 21.2. The summed E-state index contributed by atoms with van der Waals surface area (Å²) in [6.07, 6.45) is 3.28. The summed E-state index contributed by atoms with van der Waals surface area (Å²) in [5.74, 6) is 3.57. The van der Waals surface area contributed by atoms with Crippen molar-refractivity contribution < 1.29 is 14.2 Å². The first-order valence-corrected chi connectivity index (χ1v) is 15.0. The number of aromatic nitrogens is 3. The minimum absolute atomic E-state index is 0.132. The second-order valence-electron chi connectivity index (χ2n) is 11.8. The number of rotatable bonds is 12. The van der Waals surface area contributed by atoms with Gasteiger partial charge in [-0.25, -0.2) is 9.98 Å². The Morgan fingerprint density at radius 3 is 2.48 bits per heavy atom. The number of nitrogens with zero attached hydrogens (tertiary/aromatic N) is 6. The Hall–Kier alpha value is -4.07. The summed E-state index contributed by atoms with van der Waals surface area (Å²) in [7, 11) is 11.5. The second-order valence-corrected chi connectivity index (χ2v) is 11.8. The summed E-state index contributed by atoms with van der Waals surface area (Å²) in [5, 5.41) is 13.7. The molecule has 0 spiro atoms. The van der Waals surface area contributed by atoms with Crippen LogP contribution in [0.25, 0.3) is 0 Å². The van der Waals surface area contributed by atoms with Crippen LogP contribution in [-0.4, -0.2) is 99.6 Å². The molecule has 3 heterocycles. The fourth-order valence-electron chi connectivity index (χ4n) is 5.97. The van der Waals surface area contributed by atoms with Crippen molar-refractivity contribution in [2.45, 2.75) is 31.6 Å². The van der Waals surface area contributed by atoms with Gasteiger partial charge in [0.15, 0.2) is 17.5 Å². The van der Waals surface area contributed by atoms with E-state index in [1.54, 1.807) is 14.2 Å². The van der Waals surface area contributed by atoms with Gasteiger partial charge in [-0.2, -0.15) is 5.10 Å². The van der Waals surface area contributed by atoms with Crippen molar-refractivity contribution in [3.63, 3.8) is 0 Å². The minimum atomic E-state index is -0.880. The van der Waals surface area contributed by atoms with Crippen LogP contribution in [0.2, 0.25) is 0 Å². The van der Waals surface area contributed by atoms with Crippen LogP contribution < -0.4 is 35.5 Å². The number of H-pyrrole nitrogens is 1. The molecule has 1 fully saturated rings. The maximum atomic E-state index is 7.35. The largest absolute Gasteiger partial charge is 0.493 e. The molecule has 3 aromatic rings. The van der Waals surface area contributed by atoms with Crippen molar-refractivity contribution >= 4 is 17.3 Å². The normalized spacial score (nSPS) is 18.8. The summed E-state index contributed by atoms with van der Waals surface area (Å²) in [5.41, 5.74) is 10.5. The molecule has 1 saturated heterocycles. The third-order valence-electron chi connectivity index (χ3n) is 8.39. The summed E-state index contributed by atoms with van der Waals surface area (Å²) < 4.78 is 17.5. The maximum Gasteiger partial charge on any atom is 0.198 e. The molecule has 0 aliphatic carbocycles. The van der Waals surface area contributed by atoms with Crippen LogP contribution in [0.1, 0.15) is 29.8 Å². The van der Waals surface area contributed by atoms with Gasteiger partial charge in [0.2, 0.25) is 0 Å². The van der Waals surface area contributed by atoms with Crippen LogP contribution in [0.15, 0.2) is 41.7 Å². The molecule has 2 aliphatic rings. The third-order valence-corrected chi connectivity index (χ3v) is 8.39. The lowest BCUT2D eigenvalue weighted by atomic mass is 9.78. The number of likely N-dealkylation sites (tertiary alicyclic amines) is 1. The number of fused-ring (bicyclic) bond motifs is 1. The number of piperidine rings is 1. The van der Waals surface area contributed by atoms with Crippen molar-refractivity contribution in [2.75, 3.05) is 73.6 Å². The second kappa shape index (κ2) is 13.7. The number of nitrogens with one attached hydrogen (secondary N) is 3. The number of anilines is 1. The fraction of sp³-hybridized carbons (Fsp3) is 0.516. The van der Waals surface area contributed by atoms with E-state index < -0.39 is 5.66 Å². The van der Waals surface area contributed by atoms with Gasteiger partial charge in [-0.15, -0.1) is 0 Å². The zero-order valence-electron chi connectivity index (χ0n) is 26.7. The summed E-state index contributed by atoms with van der Waals surface area (Å²) >= 11 is 0. The lowest BCUT2D eigenvalue weighted by molar-refractivity contribution is 0.112. The van der Waals surface area contributed by atoms with E-state index in [9.17, 15) is 0 Å². The number of hydrogen-bond acceptors (Lipinski definition) is 12. The molecule has 13 nitrogen and oxygen atoms in total. The molecule has 0 radical (unpaired) electrons. The van der Waals surface area contributed by atoms with E-state index >= 15 is 0 Å². The first kappa shape index (κ1) is 31.4. The summed E-state index contributed by atoms with van der Waals surface area (Å²) in [6.45, 7) is 4.51. The van der Waals surface area contributed by atoms with Crippen molar-refractivity contribution in [2.24, 2.45) is 16.6 Å². The van der Waals surface area contributed by atoms with E-state index in [-0.39, 0.29) is 5.92 Å². The number of hydrogen-bond donors (Lipinski definition) is 4. The molecular weight excluding hydrogens is 560 g/mol. The number of ether oxygens (including phenoxy) is 3. The van der Waals surface area contributed by atoms with Gasteiger partial charge in [0.05, 0.1) is 26.5 Å². The number of benzene rings is 2. The van der Waals surface area contributed by atoms with Crippen molar-refractivity contribution in [3.8, 4) is 17.2 Å². The predicted octanol–water partition coefficient (Wildman–Crippen LogP) is 2.23. The number of methoxy groups -OCH3 is 2. The monoisotopic (exact) mass is 606 g/mol. The van der Waals surface area contributed by atoms with Crippen LogP contribution in [-0.2, 0) is 18.8 Å².